The molecule has 4 nitrogen and oxygen atoms in total. The van der Waals surface area contributed by atoms with Crippen LogP contribution in [0.5, 0.6) is 0 Å². The van der Waals surface area contributed by atoms with Crippen LogP contribution in [0.2, 0.25) is 0 Å². The van der Waals surface area contributed by atoms with Crippen molar-refractivity contribution in [3.8, 4) is 0 Å². The number of halogens is 2. The Morgan fingerprint density at radius 3 is 2.89 bits per heavy atom. The Balaban J connectivity index is 2.12. The van der Waals surface area contributed by atoms with Gasteiger partial charge in [0.05, 0.1) is 4.47 Å². The fraction of sp³-hybridized carbons (Fsp3) is 0.333. The van der Waals surface area contributed by atoms with Crippen molar-refractivity contribution >= 4 is 33.4 Å². The van der Waals surface area contributed by atoms with Crippen LogP contribution >= 0.6 is 15.9 Å². The Kier molecular flexibility index (Phi) is 3.65. The standard InChI is InChI=1S/C12H12BrFN2O2/c1-6-4-7(13)8(14)5-10(6)16-12(18)9-2-3-11(17)15-9/h4-5,9H,2-3H2,1H3,(H,15,17)(H,16,18)/t9-/m0/s1. The van der Waals surface area contributed by atoms with Gasteiger partial charge in [-0.25, -0.2) is 4.39 Å². The summed E-state index contributed by atoms with van der Waals surface area (Å²) in [7, 11) is 0. The summed E-state index contributed by atoms with van der Waals surface area (Å²) >= 11 is 3.08. The van der Waals surface area contributed by atoms with E-state index in [0.717, 1.165) is 5.56 Å². The maximum absolute atomic E-state index is 13.4. The number of amides is 2. The van der Waals surface area contributed by atoms with Crippen LogP contribution in [0.25, 0.3) is 0 Å². The van der Waals surface area contributed by atoms with Crippen molar-refractivity contribution in [2.45, 2.75) is 25.8 Å². The molecule has 2 rings (SSSR count). The molecule has 0 radical (unpaired) electrons. The fourth-order valence-corrected chi connectivity index (χ4v) is 2.27. The van der Waals surface area contributed by atoms with Crippen LogP contribution in [0.4, 0.5) is 10.1 Å². The van der Waals surface area contributed by atoms with Crippen LogP contribution in [0.3, 0.4) is 0 Å². The lowest BCUT2D eigenvalue weighted by Crippen LogP contribution is -2.37. The highest BCUT2D eigenvalue weighted by Crippen LogP contribution is 2.24. The van der Waals surface area contributed by atoms with Crippen LogP contribution in [-0.4, -0.2) is 17.9 Å². The van der Waals surface area contributed by atoms with Gasteiger partial charge < -0.3 is 10.6 Å². The van der Waals surface area contributed by atoms with Crippen molar-refractivity contribution < 1.29 is 14.0 Å². The minimum Gasteiger partial charge on any atom is -0.344 e. The van der Waals surface area contributed by atoms with E-state index < -0.39 is 11.9 Å². The van der Waals surface area contributed by atoms with Gasteiger partial charge in [0.25, 0.3) is 0 Å². The molecule has 0 unspecified atom stereocenters. The third-order valence-corrected chi connectivity index (χ3v) is 3.44. The molecule has 2 N–H and O–H groups in total. The van der Waals surface area contributed by atoms with Crippen LogP contribution in [0, 0.1) is 12.7 Å². The Morgan fingerprint density at radius 1 is 1.56 bits per heavy atom. The van der Waals surface area contributed by atoms with Gasteiger partial charge in [-0.3, -0.25) is 9.59 Å². The minimum atomic E-state index is -0.524. The predicted molar refractivity (Wildman–Crippen MR) is 68.6 cm³/mol. The number of hydrogen-bond acceptors (Lipinski definition) is 2. The first-order chi connectivity index (χ1) is 8.47. The van der Waals surface area contributed by atoms with Crippen molar-refractivity contribution in [1.82, 2.24) is 5.32 Å². The van der Waals surface area contributed by atoms with Gasteiger partial charge in [0.15, 0.2) is 0 Å². The van der Waals surface area contributed by atoms with Crippen LogP contribution < -0.4 is 10.6 Å². The number of hydrogen-bond donors (Lipinski definition) is 2. The third kappa shape index (κ3) is 2.69. The molecule has 96 valence electrons. The summed E-state index contributed by atoms with van der Waals surface area (Å²) in [5.74, 6) is -0.883. The highest BCUT2D eigenvalue weighted by atomic mass is 79.9. The topological polar surface area (TPSA) is 58.2 Å². The van der Waals surface area contributed by atoms with Crippen LogP contribution in [0.15, 0.2) is 16.6 Å². The molecule has 1 aliphatic heterocycles. The second-order valence-electron chi connectivity index (χ2n) is 4.23. The number of nitrogens with one attached hydrogen (secondary N) is 2. The molecule has 1 aromatic carbocycles. The molecule has 1 aliphatic rings. The summed E-state index contributed by atoms with van der Waals surface area (Å²) in [4.78, 5) is 22.9. The summed E-state index contributed by atoms with van der Waals surface area (Å²) in [6.07, 6.45) is 0.828. The maximum Gasteiger partial charge on any atom is 0.246 e. The van der Waals surface area contributed by atoms with E-state index in [4.69, 9.17) is 0 Å². The van der Waals surface area contributed by atoms with E-state index in [-0.39, 0.29) is 11.8 Å². The molecule has 0 spiro atoms. The molecule has 1 fully saturated rings. The summed E-state index contributed by atoms with van der Waals surface area (Å²) in [6, 6.07) is 2.33. The molecule has 2 amide bonds. The van der Waals surface area contributed by atoms with E-state index >= 15 is 0 Å². The number of carbonyl (C=O) groups excluding carboxylic acids is 2. The quantitative estimate of drug-likeness (QED) is 0.878. The third-order valence-electron chi connectivity index (χ3n) is 2.84. The second kappa shape index (κ2) is 5.06. The lowest BCUT2D eigenvalue weighted by molar-refractivity contribution is -0.122. The molecule has 1 atom stereocenters. The van der Waals surface area contributed by atoms with Gasteiger partial charge in [-0.1, -0.05) is 0 Å². The molecule has 0 bridgehead atoms. The molecule has 6 heteroatoms. The largest absolute Gasteiger partial charge is 0.344 e. The van der Waals surface area contributed by atoms with Gasteiger partial charge in [0.2, 0.25) is 11.8 Å². The SMILES string of the molecule is Cc1cc(Br)c(F)cc1NC(=O)[C@@H]1CCC(=O)N1. The van der Waals surface area contributed by atoms with E-state index in [1.165, 1.54) is 6.07 Å². The van der Waals surface area contributed by atoms with Gasteiger partial charge in [-0.15, -0.1) is 0 Å². The van der Waals surface area contributed by atoms with Gasteiger partial charge in [-0.05, 0) is 47.0 Å². The smallest absolute Gasteiger partial charge is 0.246 e. The maximum atomic E-state index is 13.4. The Morgan fingerprint density at radius 2 is 2.28 bits per heavy atom. The van der Waals surface area contributed by atoms with E-state index in [9.17, 15) is 14.0 Å². The van der Waals surface area contributed by atoms with Crippen molar-refractivity contribution in [2.24, 2.45) is 0 Å². The zero-order chi connectivity index (χ0) is 13.3. The fourth-order valence-electron chi connectivity index (χ4n) is 1.81. The zero-order valence-electron chi connectivity index (χ0n) is 9.72. The number of aryl methyl sites for hydroxylation is 1. The lowest BCUT2D eigenvalue weighted by atomic mass is 10.1. The van der Waals surface area contributed by atoms with Crippen molar-refractivity contribution in [2.75, 3.05) is 5.32 Å². The van der Waals surface area contributed by atoms with E-state index in [2.05, 4.69) is 26.6 Å². The van der Waals surface area contributed by atoms with E-state index in [1.807, 2.05) is 0 Å². The highest BCUT2D eigenvalue weighted by Gasteiger charge is 2.27. The highest BCUT2D eigenvalue weighted by molar-refractivity contribution is 9.10. The van der Waals surface area contributed by atoms with Gasteiger partial charge in [0.1, 0.15) is 11.9 Å². The first-order valence-electron chi connectivity index (χ1n) is 5.53. The summed E-state index contributed by atoms with van der Waals surface area (Å²) in [6.45, 7) is 1.77. The molecular weight excluding hydrogens is 303 g/mol. The van der Waals surface area contributed by atoms with Crippen LogP contribution in [-0.2, 0) is 9.59 Å². The van der Waals surface area contributed by atoms with Crippen LogP contribution in [0.1, 0.15) is 18.4 Å². The molecule has 1 aromatic rings. The minimum absolute atomic E-state index is 0.131. The van der Waals surface area contributed by atoms with Gasteiger partial charge in [0, 0.05) is 12.1 Å². The normalized spacial score (nSPS) is 18.6. The van der Waals surface area contributed by atoms with Gasteiger partial charge >= 0.3 is 0 Å². The number of rotatable bonds is 2. The summed E-state index contributed by atoms with van der Waals surface area (Å²) in [5.41, 5.74) is 1.17. The summed E-state index contributed by atoms with van der Waals surface area (Å²) in [5, 5.41) is 5.19. The van der Waals surface area contributed by atoms with Crippen molar-refractivity contribution in [3.05, 3.63) is 28.0 Å². The Hall–Kier alpha value is -1.43. The predicted octanol–water partition coefficient (Wildman–Crippen LogP) is 2.11. The van der Waals surface area contributed by atoms with Crippen molar-refractivity contribution in [3.63, 3.8) is 0 Å². The Labute approximate surface area is 112 Å². The molecule has 0 aliphatic carbocycles. The first-order valence-corrected chi connectivity index (χ1v) is 6.32. The molecule has 1 saturated heterocycles. The van der Waals surface area contributed by atoms with Gasteiger partial charge in [-0.2, -0.15) is 0 Å². The average Bonchev–Trinajstić information content (AvgIpc) is 2.73. The molecule has 0 aromatic heterocycles. The first kappa shape index (κ1) is 13.0. The zero-order valence-corrected chi connectivity index (χ0v) is 11.3. The van der Waals surface area contributed by atoms with E-state index in [1.54, 1.807) is 13.0 Å². The number of anilines is 1. The van der Waals surface area contributed by atoms with Crippen molar-refractivity contribution in [1.29, 1.82) is 0 Å². The molecule has 0 saturated carbocycles. The number of benzene rings is 1. The lowest BCUT2D eigenvalue weighted by Gasteiger charge is -2.13. The second-order valence-corrected chi connectivity index (χ2v) is 5.08. The average molecular weight is 315 g/mol. The summed E-state index contributed by atoms with van der Waals surface area (Å²) < 4.78 is 13.7. The Bertz CT molecular complexity index is 519. The number of carbonyl (C=O) groups is 2. The molecule has 1 heterocycles. The van der Waals surface area contributed by atoms with E-state index in [0.29, 0.717) is 23.0 Å². The monoisotopic (exact) mass is 314 g/mol. The molecular formula is C12H12BrFN2O2. The molecule has 18 heavy (non-hydrogen) atoms.